The zero-order valence-electron chi connectivity index (χ0n) is 16.8. The largest absolute Gasteiger partial charge is 0.454 e. The van der Waals surface area contributed by atoms with Crippen LogP contribution in [0.4, 0.5) is 5.69 Å². The van der Waals surface area contributed by atoms with Crippen LogP contribution in [0.25, 0.3) is 21.0 Å². The SMILES string of the molecule is O=C1c2ccccc2N[C@@H](c2ccc(-c3nc4ccccc4s3)o2)N1C[C@H]1CCCO1. The van der Waals surface area contributed by atoms with Crippen molar-refractivity contribution in [1.82, 2.24) is 9.88 Å². The number of fused-ring (bicyclic) bond motifs is 2. The zero-order chi connectivity index (χ0) is 20.8. The van der Waals surface area contributed by atoms with Gasteiger partial charge in [0.1, 0.15) is 5.76 Å². The Labute approximate surface area is 183 Å². The van der Waals surface area contributed by atoms with Gasteiger partial charge in [0.25, 0.3) is 5.91 Å². The molecule has 0 bridgehead atoms. The molecule has 2 aliphatic heterocycles. The molecular formula is C24H21N3O3S. The smallest absolute Gasteiger partial charge is 0.258 e. The molecule has 156 valence electrons. The summed E-state index contributed by atoms with van der Waals surface area (Å²) in [4.78, 5) is 19.9. The van der Waals surface area contributed by atoms with Gasteiger partial charge < -0.3 is 19.4 Å². The Hall–Kier alpha value is -3.16. The van der Waals surface area contributed by atoms with Crippen molar-refractivity contribution in [2.45, 2.75) is 25.1 Å². The maximum absolute atomic E-state index is 13.4. The van der Waals surface area contributed by atoms with Gasteiger partial charge in [0.2, 0.25) is 0 Å². The van der Waals surface area contributed by atoms with Gasteiger partial charge in [-0.1, -0.05) is 24.3 Å². The summed E-state index contributed by atoms with van der Waals surface area (Å²) in [6, 6.07) is 19.5. The fourth-order valence-corrected chi connectivity index (χ4v) is 5.23. The fourth-order valence-electron chi connectivity index (χ4n) is 4.31. The van der Waals surface area contributed by atoms with E-state index in [-0.39, 0.29) is 12.0 Å². The molecule has 2 atom stereocenters. The van der Waals surface area contributed by atoms with Gasteiger partial charge in [-0.05, 0) is 49.2 Å². The topological polar surface area (TPSA) is 67.6 Å². The Bertz CT molecular complexity index is 1220. The van der Waals surface area contributed by atoms with Crippen molar-refractivity contribution in [1.29, 1.82) is 0 Å². The summed E-state index contributed by atoms with van der Waals surface area (Å²) in [6.07, 6.45) is 1.66. The summed E-state index contributed by atoms with van der Waals surface area (Å²) in [6.45, 7) is 1.28. The Morgan fingerprint density at radius 3 is 2.84 bits per heavy atom. The third-order valence-electron chi connectivity index (χ3n) is 5.85. The lowest BCUT2D eigenvalue weighted by Gasteiger charge is -2.37. The third-order valence-corrected chi connectivity index (χ3v) is 6.90. The van der Waals surface area contributed by atoms with E-state index in [4.69, 9.17) is 14.1 Å². The summed E-state index contributed by atoms with van der Waals surface area (Å²) in [5.41, 5.74) is 2.45. The lowest BCUT2D eigenvalue weighted by atomic mass is 10.1. The van der Waals surface area contributed by atoms with Crippen LogP contribution in [0.3, 0.4) is 0 Å². The first-order valence-corrected chi connectivity index (χ1v) is 11.3. The standard InChI is InChI=1S/C24H21N3O3S/c28-24-16-7-1-2-8-17(16)25-22(27(24)14-15-6-5-13-29-15)19-11-12-20(30-19)23-26-18-9-3-4-10-21(18)31-23/h1-4,7-12,15,22,25H,5-6,13-14H2/t15-,22-/m1/s1. The van der Waals surface area contributed by atoms with Gasteiger partial charge >= 0.3 is 0 Å². The molecule has 1 saturated heterocycles. The maximum Gasteiger partial charge on any atom is 0.258 e. The monoisotopic (exact) mass is 431 g/mol. The van der Waals surface area contributed by atoms with E-state index in [0.717, 1.165) is 40.4 Å². The molecule has 2 aliphatic rings. The molecule has 1 N–H and O–H groups in total. The number of rotatable bonds is 4. The number of carbonyl (C=O) groups is 1. The van der Waals surface area contributed by atoms with Crippen molar-refractivity contribution in [3.05, 3.63) is 72.0 Å². The van der Waals surface area contributed by atoms with E-state index in [1.54, 1.807) is 11.3 Å². The molecule has 1 fully saturated rings. The number of thiazole rings is 1. The number of hydrogen-bond donors (Lipinski definition) is 1. The Morgan fingerprint density at radius 1 is 1.10 bits per heavy atom. The molecular weight excluding hydrogens is 410 g/mol. The number of para-hydroxylation sites is 2. The van der Waals surface area contributed by atoms with Gasteiger partial charge in [0.15, 0.2) is 16.9 Å². The summed E-state index contributed by atoms with van der Waals surface area (Å²) >= 11 is 1.60. The number of benzene rings is 2. The van der Waals surface area contributed by atoms with Crippen molar-refractivity contribution in [2.75, 3.05) is 18.5 Å². The summed E-state index contributed by atoms with van der Waals surface area (Å²) < 4.78 is 13.2. The van der Waals surface area contributed by atoms with E-state index in [0.29, 0.717) is 23.6 Å². The average molecular weight is 432 g/mol. The molecule has 6 nitrogen and oxygen atoms in total. The molecule has 7 heteroatoms. The molecule has 0 unspecified atom stereocenters. The Kier molecular flexibility index (Phi) is 4.51. The molecule has 2 aromatic carbocycles. The minimum Gasteiger partial charge on any atom is -0.454 e. The van der Waals surface area contributed by atoms with Crippen LogP contribution in [0.2, 0.25) is 0 Å². The van der Waals surface area contributed by atoms with Gasteiger partial charge in [0.05, 0.1) is 21.9 Å². The van der Waals surface area contributed by atoms with Gasteiger partial charge in [-0.15, -0.1) is 11.3 Å². The maximum atomic E-state index is 13.4. The van der Waals surface area contributed by atoms with Crippen LogP contribution >= 0.6 is 11.3 Å². The van der Waals surface area contributed by atoms with Crippen molar-refractivity contribution < 1.29 is 13.9 Å². The zero-order valence-corrected chi connectivity index (χ0v) is 17.6. The molecule has 2 aromatic heterocycles. The van der Waals surface area contributed by atoms with Crippen molar-refractivity contribution in [3.63, 3.8) is 0 Å². The van der Waals surface area contributed by atoms with Gasteiger partial charge in [0, 0.05) is 18.8 Å². The number of amides is 1. The van der Waals surface area contributed by atoms with Crippen molar-refractivity contribution in [2.24, 2.45) is 0 Å². The number of anilines is 1. The van der Waals surface area contributed by atoms with E-state index in [9.17, 15) is 4.79 Å². The quantitative estimate of drug-likeness (QED) is 0.475. The van der Waals surface area contributed by atoms with Crippen LogP contribution in [0.1, 0.15) is 35.1 Å². The first-order chi connectivity index (χ1) is 15.3. The van der Waals surface area contributed by atoms with Crippen LogP contribution in [-0.4, -0.2) is 35.0 Å². The second-order valence-electron chi connectivity index (χ2n) is 7.87. The predicted octanol–water partition coefficient (Wildman–Crippen LogP) is 5.30. The first kappa shape index (κ1) is 18.6. The minimum atomic E-state index is -0.394. The molecule has 6 rings (SSSR count). The molecule has 0 saturated carbocycles. The van der Waals surface area contributed by atoms with E-state index in [2.05, 4.69) is 11.4 Å². The first-order valence-electron chi connectivity index (χ1n) is 10.5. The molecule has 0 aliphatic carbocycles. The number of furan rings is 1. The van der Waals surface area contributed by atoms with Crippen LogP contribution in [0, 0.1) is 0 Å². The number of carbonyl (C=O) groups excluding carboxylic acids is 1. The van der Waals surface area contributed by atoms with Gasteiger partial charge in [-0.25, -0.2) is 4.98 Å². The summed E-state index contributed by atoms with van der Waals surface area (Å²) in [5.74, 6) is 1.39. The fraction of sp³-hybridized carbons (Fsp3) is 0.250. The highest BCUT2D eigenvalue weighted by atomic mass is 32.1. The molecule has 4 heterocycles. The molecule has 4 aromatic rings. The number of nitrogens with zero attached hydrogens (tertiary/aromatic N) is 2. The van der Waals surface area contributed by atoms with E-state index >= 15 is 0 Å². The van der Waals surface area contributed by atoms with Crippen molar-refractivity contribution in [3.8, 4) is 10.8 Å². The van der Waals surface area contributed by atoms with E-state index in [1.807, 2.05) is 59.5 Å². The third kappa shape index (κ3) is 3.30. The van der Waals surface area contributed by atoms with Crippen LogP contribution < -0.4 is 5.32 Å². The normalized spacial score (nSPS) is 20.8. The number of nitrogens with one attached hydrogen (secondary N) is 1. The molecule has 0 radical (unpaired) electrons. The highest BCUT2D eigenvalue weighted by Gasteiger charge is 2.36. The highest BCUT2D eigenvalue weighted by molar-refractivity contribution is 7.21. The van der Waals surface area contributed by atoms with Gasteiger partial charge in [-0.3, -0.25) is 4.79 Å². The molecule has 1 amide bonds. The molecule has 0 spiro atoms. The number of ether oxygens (including phenoxy) is 1. The molecule has 31 heavy (non-hydrogen) atoms. The van der Waals surface area contributed by atoms with Crippen molar-refractivity contribution >= 4 is 33.1 Å². The van der Waals surface area contributed by atoms with Crippen LogP contribution in [0.5, 0.6) is 0 Å². The Morgan fingerprint density at radius 2 is 1.97 bits per heavy atom. The number of aromatic nitrogens is 1. The van der Waals surface area contributed by atoms with E-state index in [1.165, 1.54) is 0 Å². The summed E-state index contributed by atoms with van der Waals surface area (Å²) in [7, 11) is 0. The lowest BCUT2D eigenvalue weighted by molar-refractivity contribution is 0.0403. The van der Waals surface area contributed by atoms with Crippen LogP contribution in [0.15, 0.2) is 65.1 Å². The van der Waals surface area contributed by atoms with Crippen LogP contribution in [-0.2, 0) is 4.74 Å². The minimum absolute atomic E-state index is 0.00668. The Balaban J connectivity index is 1.36. The van der Waals surface area contributed by atoms with Gasteiger partial charge in [-0.2, -0.15) is 0 Å². The second kappa shape index (κ2) is 7.51. The highest BCUT2D eigenvalue weighted by Crippen LogP contribution is 2.37. The average Bonchev–Trinajstić information content (AvgIpc) is 3.56. The summed E-state index contributed by atoms with van der Waals surface area (Å²) in [5, 5.41) is 4.33. The lowest BCUT2D eigenvalue weighted by Crippen LogP contribution is -2.46. The predicted molar refractivity (Wildman–Crippen MR) is 120 cm³/mol. The second-order valence-corrected chi connectivity index (χ2v) is 8.90. The van der Waals surface area contributed by atoms with E-state index < -0.39 is 6.17 Å². The number of hydrogen-bond acceptors (Lipinski definition) is 6.